The average molecular weight is 331 g/mol. The number of ether oxygens (including phenoxy) is 1. The lowest BCUT2D eigenvalue weighted by Gasteiger charge is -2.34. The van der Waals surface area contributed by atoms with Crippen molar-refractivity contribution >= 4 is 28.3 Å². The summed E-state index contributed by atoms with van der Waals surface area (Å²) >= 11 is 1.31. The Labute approximate surface area is 138 Å². The topological polar surface area (TPSA) is 62.7 Å². The molecule has 7 heteroatoms. The number of thiazole rings is 1. The predicted octanol–water partition coefficient (Wildman–Crippen LogP) is 1.89. The third-order valence-electron chi connectivity index (χ3n) is 3.74. The van der Waals surface area contributed by atoms with E-state index >= 15 is 0 Å². The Morgan fingerprint density at radius 1 is 1.13 bits per heavy atom. The zero-order valence-corrected chi connectivity index (χ0v) is 13.6. The second-order valence-electron chi connectivity index (χ2n) is 5.14. The van der Waals surface area contributed by atoms with Crippen molar-refractivity contribution in [3.05, 3.63) is 47.0 Å². The standard InChI is InChI=1S/C16H17N3O3S/c1-22-15(21)13-11-17-16(23-13)19-9-7-18(8-10-19)14(20)12-5-3-2-4-6-12/h2-6,11H,7-10H2,1H3. The first kappa shape index (κ1) is 15.5. The van der Waals surface area contributed by atoms with Crippen LogP contribution in [-0.4, -0.2) is 55.0 Å². The van der Waals surface area contributed by atoms with Gasteiger partial charge >= 0.3 is 5.97 Å². The highest BCUT2D eigenvalue weighted by Gasteiger charge is 2.24. The number of carbonyl (C=O) groups excluding carboxylic acids is 2. The number of hydrogen-bond donors (Lipinski definition) is 0. The number of anilines is 1. The van der Waals surface area contributed by atoms with Gasteiger partial charge in [0.2, 0.25) is 0 Å². The van der Waals surface area contributed by atoms with Gasteiger partial charge in [-0.05, 0) is 12.1 Å². The first-order valence-electron chi connectivity index (χ1n) is 7.32. The normalized spacial score (nSPS) is 14.7. The van der Waals surface area contributed by atoms with Crippen LogP contribution in [0.4, 0.5) is 5.13 Å². The fourth-order valence-electron chi connectivity index (χ4n) is 2.47. The van der Waals surface area contributed by atoms with E-state index < -0.39 is 0 Å². The van der Waals surface area contributed by atoms with Crippen LogP contribution in [-0.2, 0) is 4.74 Å². The molecule has 23 heavy (non-hydrogen) atoms. The number of amides is 1. The smallest absolute Gasteiger partial charge is 0.349 e. The minimum atomic E-state index is -0.369. The van der Waals surface area contributed by atoms with E-state index in [1.165, 1.54) is 24.6 Å². The minimum Gasteiger partial charge on any atom is -0.465 e. The van der Waals surface area contributed by atoms with Crippen LogP contribution in [0.5, 0.6) is 0 Å². The van der Waals surface area contributed by atoms with Crippen molar-refractivity contribution in [2.45, 2.75) is 0 Å². The van der Waals surface area contributed by atoms with Gasteiger partial charge in [-0.25, -0.2) is 9.78 Å². The molecule has 0 bridgehead atoms. The third-order valence-corrected chi connectivity index (χ3v) is 4.78. The number of aromatic nitrogens is 1. The Bertz CT molecular complexity index is 694. The van der Waals surface area contributed by atoms with E-state index in [-0.39, 0.29) is 11.9 Å². The van der Waals surface area contributed by atoms with E-state index in [9.17, 15) is 9.59 Å². The highest BCUT2D eigenvalue weighted by molar-refractivity contribution is 7.17. The number of benzene rings is 1. The SMILES string of the molecule is COC(=O)c1cnc(N2CCN(C(=O)c3ccccc3)CC2)s1. The maximum absolute atomic E-state index is 12.4. The molecule has 1 aromatic heterocycles. The van der Waals surface area contributed by atoms with Crippen LogP contribution in [0.15, 0.2) is 36.5 Å². The zero-order chi connectivity index (χ0) is 16.2. The van der Waals surface area contributed by atoms with Gasteiger partial charge in [-0.1, -0.05) is 29.5 Å². The largest absolute Gasteiger partial charge is 0.465 e. The van der Waals surface area contributed by atoms with Crippen LogP contribution in [0.1, 0.15) is 20.0 Å². The summed E-state index contributed by atoms with van der Waals surface area (Å²) < 4.78 is 4.69. The number of methoxy groups -OCH3 is 1. The lowest BCUT2D eigenvalue weighted by molar-refractivity contribution is 0.0605. The van der Waals surface area contributed by atoms with E-state index in [4.69, 9.17) is 4.74 Å². The highest BCUT2D eigenvalue weighted by atomic mass is 32.1. The summed E-state index contributed by atoms with van der Waals surface area (Å²) in [5.41, 5.74) is 0.711. The monoisotopic (exact) mass is 331 g/mol. The number of nitrogens with zero attached hydrogens (tertiary/aromatic N) is 3. The lowest BCUT2D eigenvalue weighted by Crippen LogP contribution is -2.48. The van der Waals surface area contributed by atoms with Crippen molar-refractivity contribution in [1.82, 2.24) is 9.88 Å². The molecule has 0 aliphatic carbocycles. The molecule has 6 nitrogen and oxygen atoms in total. The van der Waals surface area contributed by atoms with E-state index in [1.54, 1.807) is 0 Å². The van der Waals surface area contributed by atoms with E-state index in [2.05, 4.69) is 9.88 Å². The van der Waals surface area contributed by atoms with Crippen LogP contribution in [0, 0.1) is 0 Å². The van der Waals surface area contributed by atoms with E-state index in [1.807, 2.05) is 35.2 Å². The molecule has 1 aliphatic rings. The Kier molecular flexibility index (Phi) is 4.57. The van der Waals surface area contributed by atoms with Crippen LogP contribution in [0.3, 0.4) is 0 Å². The van der Waals surface area contributed by atoms with Gasteiger partial charge in [-0.3, -0.25) is 4.79 Å². The lowest BCUT2D eigenvalue weighted by atomic mass is 10.2. The van der Waals surface area contributed by atoms with Crippen molar-refractivity contribution in [1.29, 1.82) is 0 Å². The number of hydrogen-bond acceptors (Lipinski definition) is 6. The number of carbonyl (C=O) groups is 2. The molecule has 3 rings (SSSR count). The second kappa shape index (κ2) is 6.78. The molecule has 1 aliphatic heterocycles. The first-order chi connectivity index (χ1) is 11.2. The molecule has 1 aromatic carbocycles. The molecule has 0 spiro atoms. The maximum atomic E-state index is 12.4. The Morgan fingerprint density at radius 2 is 1.83 bits per heavy atom. The Hall–Kier alpha value is -2.41. The van der Waals surface area contributed by atoms with Crippen molar-refractivity contribution in [2.75, 3.05) is 38.2 Å². The van der Waals surface area contributed by atoms with Gasteiger partial charge < -0.3 is 14.5 Å². The Balaban J connectivity index is 1.61. The fourth-order valence-corrected chi connectivity index (χ4v) is 3.36. The molecule has 1 saturated heterocycles. The van der Waals surface area contributed by atoms with Crippen molar-refractivity contribution in [2.24, 2.45) is 0 Å². The summed E-state index contributed by atoms with van der Waals surface area (Å²) in [7, 11) is 1.36. The van der Waals surface area contributed by atoms with Gasteiger partial charge in [-0.15, -0.1) is 0 Å². The maximum Gasteiger partial charge on any atom is 0.349 e. The number of esters is 1. The quantitative estimate of drug-likeness (QED) is 0.804. The molecule has 0 atom stereocenters. The summed E-state index contributed by atoms with van der Waals surface area (Å²) in [5.74, 6) is -0.314. The second-order valence-corrected chi connectivity index (χ2v) is 6.15. The van der Waals surface area contributed by atoms with Gasteiger partial charge in [0.15, 0.2) is 5.13 Å². The molecule has 1 amide bonds. The fraction of sp³-hybridized carbons (Fsp3) is 0.312. The van der Waals surface area contributed by atoms with Gasteiger partial charge in [0, 0.05) is 31.7 Å². The van der Waals surface area contributed by atoms with E-state index in [0.717, 1.165) is 5.13 Å². The van der Waals surface area contributed by atoms with Gasteiger partial charge in [0.05, 0.1) is 13.3 Å². The average Bonchev–Trinajstić information content (AvgIpc) is 3.11. The molecule has 0 N–H and O–H groups in total. The molecule has 1 fully saturated rings. The molecule has 2 heterocycles. The molecule has 0 radical (unpaired) electrons. The van der Waals surface area contributed by atoms with Crippen LogP contribution >= 0.6 is 11.3 Å². The predicted molar refractivity (Wildman–Crippen MR) is 88.0 cm³/mol. The summed E-state index contributed by atoms with van der Waals surface area (Å²) in [6.45, 7) is 2.68. The number of rotatable bonds is 3. The van der Waals surface area contributed by atoms with Crippen LogP contribution in [0.2, 0.25) is 0 Å². The van der Waals surface area contributed by atoms with E-state index in [0.29, 0.717) is 36.6 Å². The molecule has 120 valence electrons. The summed E-state index contributed by atoms with van der Waals surface area (Å²) in [4.78, 5) is 32.6. The van der Waals surface area contributed by atoms with Crippen LogP contribution in [0.25, 0.3) is 0 Å². The summed E-state index contributed by atoms with van der Waals surface area (Å²) in [5, 5.41) is 0.789. The molecule has 2 aromatic rings. The van der Waals surface area contributed by atoms with Crippen molar-refractivity contribution < 1.29 is 14.3 Å². The van der Waals surface area contributed by atoms with Gasteiger partial charge in [0.25, 0.3) is 5.91 Å². The highest BCUT2D eigenvalue weighted by Crippen LogP contribution is 2.24. The molecular formula is C16H17N3O3S. The van der Waals surface area contributed by atoms with Crippen molar-refractivity contribution in [3.63, 3.8) is 0 Å². The van der Waals surface area contributed by atoms with Crippen molar-refractivity contribution in [3.8, 4) is 0 Å². The first-order valence-corrected chi connectivity index (χ1v) is 8.14. The Morgan fingerprint density at radius 3 is 2.48 bits per heavy atom. The molecule has 0 unspecified atom stereocenters. The summed E-state index contributed by atoms with van der Waals surface area (Å²) in [6.07, 6.45) is 1.54. The molecule has 0 saturated carbocycles. The van der Waals surface area contributed by atoms with Gasteiger partial charge in [-0.2, -0.15) is 0 Å². The molecular weight excluding hydrogens is 314 g/mol. The van der Waals surface area contributed by atoms with Crippen LogP contribution < -0.4 is 4.90 Å². The third kappa shape index (κ3) is 3.34. The summed E-state index contributed by atoms with van der Waals surface area (Å²) in [6, 6.07) is 9.30. The zero-order valence-electron chi connectivity index (χ0n) is 12.8. The van der Waals surface area contributed by atoms with Gasteiger partial charge in [0.1, 0.15) is 4.88 Å². The number of piperazine rings is 1. The minimum absolute atomic E-state index is 0.0552.